The van der Waals surface area contributed by atoms with Gasteiger partial charge in [0.2, 0.25) is 5.78 Å². The van der Waals surface area contributed by atoms with Crippen LogP contribution in [0, 0.1) is 13.8 Å². The maximum Gasteiger partial charge on any atom is 1.00 e. The Balaban J connectivity index is 0.000000186. The summed E-state index contributed by atoms with van der Waals surface area (Å²) in [6, 6.07) is 18.5. The molecule has 2 aromatic carbocycles. The Bertz CT molecular complexity index is 2540. The van der Waals surface area contributed by atoms with Gasteiger partial charge >= 0.3 is 51.4 Å². The summed E-state index contributed by atoms with van der Waals surface area (Å²) in [5.74, 6) is -3.91. The normalized spacial score (nSPS) is 13.6. The molecule has 2 aliphatic heterocycles. The first kappa shape index (κ1) is 46.3. The molecule has 0 radical (unpaired) electrons. The van der Waals surface area contributed by atoms with Crippen molar-refractivity contribution in [1.29, 1.82) is 0 Å². The third-order valence-electron chi connectivity index (χ3n) is 9.87. The predicted octanol–water partition coefficient (Wildman–Crippen LogP) is 0.885. The molecule has 0 aliphatic carbocycles. The number of pyridine rings is 2. The number of aromatic nitrogens is 4. The number of carboxylic acids is 1. The standard InChI is InChI=1S/C21H19ClN4O3.C11H14N2O.C10H7ClN2O3.K/c1-13-11-24-19(22)17-16(13)15(12-23-17)18(27)21(29)26-9-7-25(8-10-26)20(28)14-5-3-2-4-6-14;14-11(10-4-2-1-3-5-10)13-8-6-12-7-9-13;1-4-2-13-9(11)7-6(4)5(3-12-7)8(14)10(15)16;/h2-6,11-12,23H,7-10H2,1H3;1-5,12H,6-9H2;2-3,12H,1H3,(H,15,16);/q;;;+1/p-1. The number of nitrogens with one attached hydrogen (secondary N) is 3. The predicted molar refractivity (Wildman–Crippen MR) is 219 cm³/mol. The van der Waals surface area contributed by atoms with Crippen LogP contribution in [0.1, 0.15) is 52.6 Å². The molecular weight excluding hydrogens is 839 g/mol. The van der Waals surface area contributed by atoms with Crippen molar-refractivity contribution in [2.75, 3.05) is 52.4 Å². The van der Waals surface area contributed by atoms with E-state index >= 15 is 0 Å². The smallest absolute Gasteiger partial charge is 0.541 e. The Kier molecular flexibility index (Phi) is 16.3. The monoisotopic (exact) mass is 876 g/mol. The first-order chi connectivity index (χ1) is 28.4. The zero-order chi connectivity index (χ0) is 42.2. The van der Waals surface area contributed by atoms with E-state index in [1.54, 1.807) is 30.2 Å². The van der Waals surface area contributed by atoms with Gasteiger partial charge in [-0.1, -0.05) is 59.6 Å². The van der Waals surface area contributed by atoms with Gasteiger partial charge in [-0.3, -0.25) is 24.0 Å². The van der Waals surface area contributed by atoms with Gasteiger partial charge in [0, 0.05) is 105 Å². The molecule has 3 N–H and O–H groups in total. The molecule has 2 fully saturated rings. The van der Waals surface area contributed by atoms with Crippen LogP contribution in [-0.2, 0) is 9.59 Å². The molecule has 60 heavy (non-hydrogen) atoms. The molecule has 6 aromatic rings. The van der Waals surface area contributed by atoms with Crippen molar-refractivity contribution < 1.29 is 85.3 Å². The maximum absolute atomic E-state index is 12.9. The SMILES string of the molecule is Cc1cnc(Cl)c2[nH]cc(C(=O)C(=O)N3CCN(C(=O)c4ccccc4)CC3)c12.Cc1cnc(Cl)c2[nH]cc(C(=O)C(=O)[O-])c12.O=C(c1ccccc1)N1CCNCC1.[K+]. The van der Waals surface area contributed by atoms with Gasteiger partial charge in [0.05, 0.1) is 16.6 Å². The molecule has 304 valence electrons. The van der Waals surface area contributed by atoms with Gasteiger partial charge in [-0.05, 0) is 49.2 Å². The summed E-state index contributed by atoms with van der Waals surface area (Å²) < 4.78 is 0. The molecule has 6 heterocycles. The minimum absolute atomic E-state index is 0. The first-order valence-corrected chi connectivity index (χ1v) is 19.4. The fraction of sp³-hybridized carbons (Fsp3) is 0.238. The number of benzene rings is 2. The molecule has 2 aliphatic rings. The van der Waals surface area contributed by atoms with E-state index < -0.39 is 23.4 Å². The number of hydrogen-bond acceptors (Lipinski definition) is 10. The molecule has 0 atom stereocenters. The summed E-state index contributed by atoms with van der Waals surface area (Å²) >= 11 is 11.9. The minimum Gasteiger partial charge on any atom is -0.541 e. The third kappa shape index (κ3) is 10.6. The van der Waals surface area contributed by atoms with E-state index in [0.717, 1.165) is 37.3 Å². The van der Waals surface area contributed by atoms with Gasteiger partial charge in [-0.25, -0.2) is 9.97 Å². The number of aliphatic carboxylic acids is 1. The summed E-state index contributed by atoms with van der Waals surface area (Å²) in [6.45, 7) is 8.35. The quantitative estimate of drug-likeness (QED) is 0.0934. The van der Waals surface area contributed by atoms with Crippen molar-refractivity contribution in [2.24, 2.45) is 0 Å². The van der Waals surface area contributed by atoms with Crippen molar-refractivity contribution in [3.8, 4) is 0 Å². The van der Waals surface area contributed by atoms with Crippen LogP contribution >= 0.6 is 23.2 Å². The van der Waals surface area contributed by atoms with Crippen LogP contribution in [0.2, 0.25) is 10.3 Å². The van der Waals surface area contributed by atoms with Crippen LogP contribution in [-0.4, -0.2) is 122 Å². The molecule has 3 amide bonds. The Morgan fingerprint density at radius 1 is 0.600 bits per heavy atom. The second-order valence-corrected chi connectivity index (χ2v) is 14.4. The van der Waals surface area contributed by atoms with Crippen LogP contribution in [0.15, 0.2) is 85.5 Å². The van der Waals surface area contributed by atoms with Crippen molar-refractivity contribution >= 4 is 80.3 Å². The average molecular weight is 878 g/mol. The molecule has 0 bridgehead atoms. The number of Topliss-reactive ketones (excluding diaryl/α,β-unsaturated/α-hetero) is 2. The number of rotatable bonds is 6. The number of hydrogen-bond donors (Lipinski definition) is 3. The molecule has 15 nitrogen and oxygen atoms in total. The number of carboxylic acid groups (broad SMARTS) is 1. The molecule has 18 heteroatoms. The Morgan fingerprint density at radius 2 is 1.00 bits per heavy atom. The zero-order valence-electron chi connectivity index (χ0n) is 33.1. The summed E-state index contributed by atoms with van der Waals surface area (Å²) in [4.78, 5) is 90.6. The number of aromatic amines is 2. The number of H-pyrrole nitrogens is 2. The number of nitrogens with zero attached hydrogens (tertiary/aromatic N) is 5. The van der Waals surface area contributed by atoms with E-state index in [4.69, 9.17) is 23.2 Å². The number of amides is 3. The number of carbonyl (C=O) groups is 6. The summed E-state index contributed by atoms with van der Waals surface area (Å²) in [6.07, 6.45) is 5.85. The Morgan fingerprint density at radius 3 is 1.43 bits per heavy atom. The Labute approximate surface area is 397 Å². The molecule has 0 saturated carbocycles. The molecule has 2 saturated heterocycles. The van der Waals surface area contributed by atoms with Crippen molar-refractivity contribution in [3.63, 3.8) is 0 Å². The minimum atomic E-state index is -1.74. The fourth-order valence-corrected chi connectivity index (χ4v) is 7.19. The first-order valence-electron chi connectivity index (χ1n) is 18.6. The molecular formula is C42H39Cl2KN8O7. The maximum atomic E-state index is 12.9. The van der Waals surface area contributed by atoms with E-state index in [1.165, 1.54) is 23.5 Å². The van der Waals surface area contributed by atoms with E-state index in [0.29, 0.717) is 59.1 Å². The number of carbonyl (C=O) groups excluding carboxylic acids is 6. The van der Waals surface area contributed by atoms with Crippen LogP contribution in [0.5, 0.6) is 0 Å². The van der Waals surface area contributed by atoms with Crippen LogP contribution in [0.4, 0.5) is 0 Å². The van der Waals surface area contributed by atoms with E-state index in [1.807, 2.05) is 60.4 Å². The number of aryl methyl sites for hydroxylation is 2. The molecule has 4 aromatic heterocycles. The number of piperazine rings is 2. The van der Waals surface area contributed by atoms with Gasteiger partial charge in [-0.15, -0.1) is 0 Å². The van der Waals surface area contributed by atoms with Gasteiger partial charge in [0.25, 0.3) is 23.5 Å². The van der Waals surface area contributed by atoms with Crippen LogP contribution < -0.4 is 61.8 Å². The molecule has 0 unspecified atom stereocenters. The van der Waals surface area contributed by atoms with Crippen molar-refractivity contribution in [2.45, 2.75) is 13.8 Å². The Hall–Kier alpha value is -4.78. The third-order valence-corrected chi connectivity index (χ3v) is 10.4. The largest absolute Gasteiger partial charge is 1.00 e. The van der Waals surface area contributed by atoms with Gasteiger partial charge < -0.3 is 39.9 Å². The van der Waals surface area contributed by atoms with E-state index in [-0.39, 0.29) is 84.6 Å². The topological polar surface area (TPSA) is 205 Å². The van der Waals surface area contributed by atoms with E-state index in [9.17, 15) is 33.9 Å². The average Bonchev–Trinajstić information content (AvgIpc) is 3.94. The fourth-order valence-electron chi connectivity index (χ4n) is 6.79. The van der Waals surface area contributed by atoms with E-state index in [2.05, 4.69) is 25.3 Å². The second-order valence-electron chi connectivity index (χ2n) is 13.7. The number of ketones is 2. The van der Waals surface area contributed by atoms with Crippen LogP contribution in [0.25, 0.3) is 21.8 Å². The van der Waals surface area contributed by atoms with Gasteiger partial charge in [0.15, 0.2) is 10.3 Å². The number of halogens is 2. The molecule has 8 rings (SSSR count). The number of fused-ring (bicyclic) bond motifs is 2. The molecule has 0 spiro atoms. The summed E-state index contributed by atoms with van der Waals surface area (Å²) in [5.41, 5.74) is 4.15. The van der Waals surface area contributed by atoms with Crippen LogP contribution in [0.3, 0.4) is 0 Å². The van der Waals surface area contributed by atoms with Gasteiger partial charge in [-0.2, -0.15) is 0 Å². The second kappa shape index (κ2) is 21.1. The summed E-state index contributed by atoms with van der Waals surface area (Å²) in [5, 5.41) is 15.3. The van der Waals surface area contributed by atoms with Gasteiger partial charge in [0.1, 0.15) is 5.97 Å². The zero-order valence-corrected chi connectivity index (χ0v) is 37.7. The van der Waals surface area contributed by atoms with Crippen molar-refractivity contribution in [1.82, 2.24) is 40.0 Å². The van der Waals surface area contributed by atoms with Crippen molar-refractivity contribution in [3.05, 3.63) is 129 Å². The summed E-state index contributed by atoms with van der Waals surface area (Å²) in [7, 11) is 0.